The first-order valence-corrected chi connectivity index (χ1v) is 10.3. The van der Waals surface area contributed by atoms with Gasteiger partial charge in [0.25, 0.3) is 0 Å². The van der Waals surface area contributed by atoms with Crippen LogP contribution < -0.4 is 0 Å². The van der Waals surface area contributed by atoms with Crippen LogP contribution in [0.5, 0.6) is 0 Å². The Hall–Kier alpha value is -3.15. The number of carbonyl (C=O) groups is 1. The van der Waals surface area contributed by atoms with E-state index in [1.54, 1.807) is 23.1 Å². The monoisotopic (exact) mass is 402 g/mol. The van der Waals surface area contributed by atoms with Crippen LogP contribution in [0.15, 0.2) is 48.5 Å². The number of nitriles is 1. The molecule has 4 nitrogen and oxygen atoms in total. The number of rotatable bonds is 3. The molecule has 1 aliphatic heterocycles. The van der Waals surface area contributed by atoms with E-state index < -0.39 is 6.04 Å². The zero-order chi connectivity index (χ0) is 21.1. The van der Waals surface area contributed by atoms with E-state index in [9.17, 15) is 19.6 Å². The minimum absolute atomic E-state index is 0.00160. The van der Waals surface area contributed by atoms with Gasteiger partial charge in [-0.25, -0.2) is 4.39 Å². The minimum Gasteiger partial charge on any atom is -0.394 e. The van der Waals surface area contributed by atoms with Crippen LogP contribution in [0.1, 0.15) is 48.3 Å². The molecule has 2 aliphatic rings. The summed E-state index contributed by atoms with van der Waals surface area (Å²) in [5.74, 6) is 5.18. The smallest absolute Gasteiger partial charge is 0.227 e. The van der Waals surface area contributed by atoms with Crippen molar-refractivity contribution < 1.29 is 14.3 Å². The normalized spacial score (nSPS) is 23.2. The van der Waals surface area contributed by atoms with Gasteiger partial charge in [-0.05, 0) is 42.7 Å². The number of amides is 1. The van der Waals surface area contributed by atoms with Gasteiger partial charge >= 0.3 is 0 Å². The Morgan fingerprint density at radius 3 is 2.43 bits per heavy atom. The van der Waals surface area contributed by atoms with Gasteiger partial charge in [-0.2, -0.15) is 5.26 Å². The lowest BCUT2D eigenvalue weighted by atomic mass is 9.75. The van der Waals surface area contributed by atoms with E-state index in [1.807, 2.05) is 24.3 Å². The Balaban J connectivity index is 1.52. The van der Waals surface area contributed by atoms with Gasteiger partial charge in [0.15, 0.2) is 0 Å². The van der Waals surface area contributed by atoms with Gasteiger partial charge in [0.05, 0.1) is 24.3 Å². The van der Waals surface area contributed by atoms with E-state index in [-0.39, 0.29) is 36.2 Å². The Kier molecular flexibility index (Phi) is 5.84. The van der Waals surface area contributed by atoms with E-state index in [2.05, 4.69) is 17.9 Å². The molecule has 152 valence electrons. The molecule has 0 unspecified atom stereocenters. The largest absolute Gasteiger partial charge is 0.394 e. The molecule has 0 spiro atoms. The van der Waals surface area contributed by atoms with Crippen LogP contribution in [0.2, 0.25) is 0 Å². The maximum absolute atomic E-state index is 13.7. The molecule has 2 aromatic carbocycles. The van der Waals surface area contributed by atoms with Gasteiger partial charge in [0.1, 0.15) is 11.9 Å². The zero-order valence-corrected chi connectivity index (χ0v) is 16.6. The molecule has 0 bridgehead atoms. The van der Waals surface area contributed by atoms with Crippen molar-refractivity contribution in [2.75, 3.05) is 6.61 Å². The second-order valence-corrected chi connectivity index (χ2v) is 7.93. The molecule has 1 saturated heterocycles. The summed E-state index contributed by atoms with van der Waals surface area (Å²) in [5, 5.41) is 19.6. The number of likely N-dealkylation sites (tertiary alicyclic amines) is 1. The summed E-state index contributed by atoms with van der Waals surface area (Å²) in [6.45, 7) is -0.170. The minimum atomic E-state index is -0.564. The molecule has 1 amide bonds. The Bertz CT molecular complexity index is 1030. The molecule has 0 radical (unpaired) electrons. The second kappa shape index (κ2) is 8.69. The highest BCUT2D eigenvalue weighted by molar-refractivity contribution is 5.82. The van der Waals surface area contributed by atoms with Crippen molar-refractivity contribution in [3.05, 3.63) is 71.0 Å². The van der Waals surface area contributed by atoms with E-state index in [0.29, 0.717) is 5.56 Å². The summed E-state index contributed by atoms with van der Waals surface area (Å²) in [5.41, 5.74) is 1.97. The fraction of sp³-hybridized carbons (Fsp3) is 0.360. The quantitative estimate of drug-likeness (QED) is 0.798. The third kappa shape index (κ3) is 3.70. The summed E-state index contributed by atoms with van der Waals surface area (Å²) in [6.07, 6.45) is 3.82. The van der Waals surface area contributed by atoms with Crippen molar-refractivity contribution in [1.29, 1.82) is 5.26 Å². The number of nitrogens with zero attached hydrogens (tertiary/aromatic N) is 2. The third-order valence-electron chi connectivity index (χ3n) is 6.20. The van der Waals surface area contributed by atoms with Crippen molar-refractivity contribution in [2.45, 2.75) is 43.7 Å². The molecular formula is C25H23FN2O2. The van der Waals surface area contributed by atoms with E-state index in [0.717, 1.165) is 36.8 Å². The van der Waals surface area contributed by atoms with Crippen LogP contribution in [-0.2, 0) is 4.79 Å². The van der Waals surface area contributed by atoms with Gasteiger partial charge < -0.3 is 10.0 Å². The summed E-state index contributed by atoms with van der Waals surface area (Å²) in [4.78, 5) is 14.4. The second-order valence-electron chi connectivity index (χ2n) is 7.93. The fourth-order valence-electron chi connectivity index (χ4n) is 4.58. The first-order chi connectivity index (χ1) is 14.6. The standard InChI is InChI=1S/C25H23FN2O2/c26-21-8-4-3-5-18(21)12-9-17-10-13-19(14-11-17)24-22(15-27)28(23(24)16-29)25(30)20-6-1-2-7-20/h3-5,8,10-11,13-14,20,22-24,29H,1-2,6-7,16H2/t22-,23+,24+/m1/s1. The SMILES string of the molecule is N#C[C@@H]1[C@H](c2ccc(C#Cc3ccccc3F)cc2)[C@H](CO)N1C(=O)C1CCCC1. The van der Waals surface area contributed by atoms with Crippen molar-refractivity contribution in [2.24, 2.45) is 5.92 Å². The predicted molar refractivity (Wildman–Crippen MR) is 111 cm³/mol. The number of aliphatic hydroxyl groups is 1. The summed E-state index contributed by atoms with van der Waals surface area (Å²) < 4.78 is 13.7. The average Bonchev–Trinajstić information content (AvgIpc) is 3.29. The Morgan fingerprint density at radius 1 is 1.10 bits per heavy atom. The maximum atomic E-state index is 13.7. The average molecular weight is 402 g/mol. The number of hydrogen-bond acceptors (Lipinski definition) is 3. The van der Waals surface area contributed by atoms with Gasteiger partial charge in [-0.15, -0.1) is 0 Å². The van der Waals surface area contributed by atoms with Crippen LogP contribution in [0.4, 0.5) is 4.39 Å². The van der Waals surface area contributed by atoms with Crippen LogP contribution in [-0.4, -0.2) is 34.6 Å². The number of hydrogen-bond donors (Lipinski definition) is 1. The first-order valence-electron chi connectivity index (χ1n) is 10.3. The molecule has 1 heterocycles. The Morgan fingerprint density at radius 2 is 1.80 bits per heavy atom. The molecule has 3 atom stereocenters. The Labute approximate surface area is 175 Å². The molecule has 2 fully saturated rings. The summed E-state index contributed by atoms with van der Waals surface area (Å²) in [6, 6.07) is 15.1. The molecule has 4 rings (SSSR count). The molecule has 1 aliphatic carbocycles. The van der Waals surface area contributed by atoms with E-state index in [1.165, 1.54) is 6.07 Å². The molecule has 5 heteroatoms. The topological polar surface area (TPSA) is 64.3 Å². The zero-order valence-electron chi connectivity index (χ0n) is 16.6. The first kappa shape index (κ1) is 20.1. The van der Waals surface area contributed by atoms with E-state index >= 15 is 0 Å². The lowest BCUT2D eigenvalue weighted by Gasteiger charge is -2.52. The van der Waals surface area contributed by atoms with Crippen LogP contribution in [0.25, 0.3) is 0 Å². The van der Waals surface area contributed by atoms with Crippen LogP contribution >= 0.6 is 0 Å². The lowest BCUT2D eigenvalue weighted by Crippen LogP contribution is -2.66. The fourth-order valence-corrected chi connectivity index (χ4v) is 4.58. The van der Waals surface area contributed by atoms with E-state index in [4.69, 9.17) is 0 Å². The molecular weight excluding hydrogens is 379 g/mol. The van der Waals surface area contributed by atoms with Crippen molar-refractivity contribution in [3.8, 4) is 17.9 Å². The summed E-state index contributed by atoms with van der Waals surface area (Å²) in [7, 11) is 0. The number of carbonyl (C=O) groups excluding carboxylic acids is 1. The molecule has 30 heavy (non-hydrogen) atoms. The maximum Gasteiger partial charge on any atom is 0.227 e. The van der Waals surface area contributed by atoms with Crippen molar-refractivity contribution in [3.63, 3.8) is 0 Å². The third-order valence-corrected chi connectivity index (χ3v) is 6.20. The van der Waals surface area contributed by atoms with Crippen molar-refractivity contribution in [1.82, 2.24) is 4.90 Å². The molecule has 2 aromatic rings. The highest BCUT2D eigenvalue weighted by atomic mass is 19.1. The highest BCUT2D eigenvalue weighted by Gasteiger charge is 2.52. The van der Waals surface area contributed by atoms with Gasteiger partial charge in [0, 0.05) is 17.4 Å². The van der Waals surface area contributed by atoms with Gasteiger partial charge in [0.2, 0.25) is 5.91 Å². The van der Waals surface area contributed by atoms with Gasteiger partial charge in [-0.1, -0.05) is 48.9 Å². The van der Waals surface area contributed by atoms with Crippen molar-refractivity contribution >= 4 is 5.91 Å². The summed E-state index contributed by atoms with van der Waals surface area (Å²) >= 11 is 0. The highest BCUT2D eigenvalue weighted by Crippen LogP contribution is 2.42. The lowest BCUT2D eigenvalue weighted by molar-refractivity contribution is -0.151. The molecule has 1 saturated carbocycles. The van der Waals surface area contributed by atoms with Gasteiger partial charge in [-0.3, -0.25) is 4.79 Å². The number of benzene rings is 2. The van der Waals surface area contributed by atoms with Crippen LogP contribution in [0.3, 0.4) is 0 Å². The number of halogens is 1. The molecule has 1 N–H and O–H groups in total. The van der Waals surface area contributed by atoms with Crippen LogP contribution in [0, 0.1) is 34.9 Å². The number of aliphatic hydroxyl groups excluding tert-OH is 1. The molecule has 0 aromatic heterocycles. The predicted octanol–water partition coefficient (Wildman–Crippen LogP) is 3.59.